The van der Waals surface area contributed by atoms with Gasteiger partial charge in [-0.15, -0.1) is 10.2 Å². The molecule has 15 heavy (non-hydrogen) atoms. The van der Waals surface area contributed by atoms with E-state index in [1.807, 2.05) is 0 Å². The summed E-state index contributed by atoms with van der Waals surface area (Å²) in [4.78, 5) is 0. The second-order valence-electron chi connectivity index (χ2n) is 5.28. The molecule has 84 valence electrons. The molecule has 0 fully saturated rings. The summed E-state index contributed by atoms with van der Waals surface area (Å²) in [6.45, 7) is 8.18. The van der Waals surface area contributed by atoms with Gasteiger partial charge in [0.25, 0.3) is 0 Å². The van der Waals surface area contributed by atoms with E-state index in [-0.39, 0.29) is 5.41 Å². The summed E-state index contributed by atoms with van der Waals surface area (Å²) in [6, 6.07) is 0. The predicted molar refractivity (Wildman–Crippen MR) is 59.6 cm³/mol. The van der Waals surface area contributed by atoms with E-state index < -0.39 is 0 Å². The van der Waals surface area contributed by atoms with Crippen molar-refractivity contribution in [1.29, 1.82) is 0 Å². The summed E-state index contributed by atoms with van der Waals surface area (Å²) >= 11 is 0. The zero-order valence-electron chi connectivity index (χ0n) is 9.82. The summed E-state index contributed by atoms with van der Waals surface area (Å²) in [6.07, 6.45) is 2.27. The first-order chi connectivity index (χ1) is 7.04. The van der Waals surface area contributed by atoms with Gasteiger partial charge in [-0.05, 0) is 12.3 Å². The van der Waals surface area contributed by atoms with Gasteiger partial charge < -0.3 is 10.3 Å². The molecule has 0 radical (unpaired) electrons. The molecule has 2 heterocycles. The lowest BCUT2D eigenvalue weighted by atomic mass is 9.91. The highest BCUT2D eigenvalue weighted by Crippen LogP contribution is 2.26. The third kappa shape index (κ3) is 1.78. The molecule has 0 saturated heterocycles. The minimum atomic E-state index is -0.0637. The first-order valence-corrected chi connectivity index (χ1v) is 5.67. The fourth-order valence-electron chi connectivity index (χ4n) is 2.08. The lowest BCUT2D eigenvalue weighted by molar-refractivity contribution is 0.379. The van der Waals surface area contributed by atoms with Crippen LogP contribution in [-0.2, 0) is 18.4 Å². The number of hydrogen-bond donors (Lipinski definition) is 1. The first kappa shape index (κ1) is 10.6. The highest BCUT2D eigenvalue weighted by atomic mass is 15.3. The number of nitrogens with zero attached hydrogens (tertiary/aromatic N) is 3. The maximum Gasteiger partial charge on any atom is 0.139 e. The lowest BCUT2D eigenvalue weighted by Gasteiger charge is -2.26. The molecule has 1 aliphatic heterocycles. The number of aromatic nitrogens is 3. The van der Waals surface area contributed by atoms with Crippen LogP contribution in [0.15, 0.2) is 0 Å². The highest BCUT2D eigenvalue weighted by molar-refractivity contribution is 5.10. The smallest absolute Gasteiger partial charge is 0.139 e. The Balaban J connectivity index is 2.36. The largest absolute Gasteiger partial charge is 0.329 e. The van der Waals surface area contributed by atoms with Gasteiger partial charge >= 0.3 is 0 Å². The molecule has 1 aromatic heterocycles. The minimum Gasteiger partial charge on any atom is -0.329 e. The van der Waals surface area contributed by atoms with Gasteiger partial charge in [0, 0.05) is 24.9 Å². The Morgan fingerprint density at radius 1 is 1.47 bits per heavy atom. The number of hydrogen-bond acceptors (Lipinski definition) is 3. The topological polar surface area (TPSA) is 56.7 Å². The van der Waals surface area contributed by atoms with E-state index in [4.69, 9.17) is 5.73 Å². The van der Waals surface area contributed by atoms with Gasteiger partial charge in [0.1, 0.15) is 11.6 Å². The fourth-order valence-corrected chi connectivity index (χ4v) is 2.08. The molecule has 1 aromatic rings. The van der Waals surface area contributed by atoms with Crippen LogP contribution in [0.1, 0.15) is 38.8 Å². The van der Waals surface area contributed by atoms with Crippen molar-refractivity contribution in [3.05, 3.63) is 11.6 Å². The fraction of sp³-hybridized carbons (Fsp3) is 0.818. The predicted octanol–water partition coefficient (Wildman–Crippen LogP) is 1.10. The molecule has 2 N–H and O–H groups in total. The maximum atomic E-state index is 5.78. The number of fused-ring (bicyclic) bond motifs is 1. The van der Waals surface area contributed by atoms with E-state index in [1.54, 1.807) is 0 Å². The summed E-state index contributed by atoms with van der Waals surface area (Å²) in [7, 11) is 0. The normalized spacial score (nSPS) is 21.5. The van der Waals surface area contributed by atoms with Crippen molar-refractivity contribution in [3.8, 4) is 0 Å². The van der Waals surface area contributed by atoms with Crippen LogP contribution in [0.4, 0.5) is 0 Å². The molecule has 1 atom stereocenters. The molecule has 4 heteroatoms. The third-order valence-electron chi connectivity index (χ3n) is 3.32. The van der Waals surface area contributed by atoms with E-state index in [9.17, 15) is 0 Å². The van der Waals surface area contributed by atoms with Crippen molar-refractivity contribution in [2.45, 2.75) is 45.6 Å². The van der Waals surface area contributed by atoms with Crippen LogP contribution < -0.4 is 5.73 Å². The average molecular weight is 208 g/mol. The van der Waals surface area contributed by atoms with Crippen LogP contribution in [0.3, 0.4) is 0 Å². The molecule has 1 aliphatic rings. The van der Waals surface area contributed by atoms with Crippen LogP contribution in [0, 0.1) is 5.92 Å². The maximum absolute atomic E-state index is 5.78. The zero-order chi connectivity index (χ0) is 11.1. The minimum absolute atomic E-state index is 0.0637. The van der Waals surface area contributed by atoms with Crippen molar-refractivity contribution < 1.29 is 0 Å². The van der Waals surface area contributed by atoms with Gasteiger partial charge in [0.05, 0.1) is 0 Å². The highest BCUT2D eigenvalue weighted by Gasteiger charge is 2.29. The van der Waals surface area contributed by atoms with Crippen molar-refractivity contribution in [1.82, 2.24) is 14.8 Å². The van der Waals surface area contributed by atoms with Crippen LogP contribution in [0.2, 0.25) is 0 Å². The van der Waals surface area contributed by atoms with Crippen molar-refractivity contribution in [2.24, 2.45) is 11.7 Å². The van der Waals surface area contributed by atoms with E-state index in [0.717, 1.165) is 30.5 Å². The van der Waals surface area contributed by atoms with Crippen molar-refractivity contribution in [3.63, 3.8) is 0 Å². The first-order valence-electron chi connectivity index (χ1n) is 5.67. The Bertz CT molecular complexity index is 353. The van der Waals surface area contributed by atoms with E-state index in [0.29, 0.717) is 6.54 Å². The summed E-state index contributed by atoms with van der Waals surface area (Å²) in [5.74, 6) is 2.91. The van der Waals surface area contributed by atoms with Crippen LogP contribution in [-0.4, -0.2) is 21.3 Å². The summed E-state index contributed by atoms with van der Waals surface area (Å²) in [5.41, 5.74) is 5.71. The molecular formula is C11H20N4. The SMILES string of the molecule is CC1CCn2c(nnc2C(C)(C)CN)C1. The van der Waals surface area contributed by atoms with E-state index >= 15 is 0 Å². The molecule has 0 spiro atoms. The molecule has 0 bridgehead atoms. The van der Waals surface area contributed by atoms with Gasteiger partial charge in [-0.2, -0.15) is 0 Å². The Kier molecular flexibility index (Phi) is 2.54. The molecule has 0 amide bonds. The van der Waals surface area contributed by atoms with Gasteiger partial charge in [0.15, 0.2) is 0 Å². The molecule has 0 aromatic carbocycles. The Morgan fingerprint density at radius 2 is 2.20 bits per heavy atom. The molecule has 0 saturated carbocycles. The van der Waals surface area contributed by atoms with Gasteiger partial charge in [0.2, 0.25) is 0 Å². The van der Waals surface area contributed by atoms with Gasteiger partial charge in [-0.3, -0.25) is 0 Å². The van der Waals surface area contributed by atoms with Crippen LogP contribution >= 0.6 is 0 Å². The quantitative estimate of drug-likeness (QED) is 0.791. The van der Waals surface area contributed by atoms with Crippen LogP contribution in [0.5, 0.6) is 0 Å². The third-order valence-corrected chi connectivity index (χ3v) is 3.32. The summed E-state index contributed by atoms with van der Waals surface area (Å²) in [5, 5.41) is 8.59. The standard InChI is InChI=1S/C11H20N4/c1-8-4-5-15-9(6-8)13-14-10(15)11(2,3)7-12/h8H,4-7,12H2,1-3H3. The number of nitrogens with two attached hydrogens (primary N) is 1. The number of rotatable bonds is 2. The Labute approximate surface area is 90.9 Å². The second kappa shape index (κ2) is 3.59. The molecular weight excluding hydrogens is 188 g/mol. The average Bonchev–Trinajstić information content (AvgIpc) is 2.61. The van der Waals surface area contributed by atoms with E-state index in [2.05, 4.69) is 35.5 Å². The molecule has 0 aliphatic carbocycles. The monoisotopic (exact) mass is 208 g/mol. The Hall–Kier alpha value is -0.900. The second-order valence-corrected chi connectivity index (χ2v) is 5.28. The van der Waals surface area contributed by atoms with Gasteiger partial charge in [-0.25, -0.2) is 0 Å². The van der Waals surface area contributed by atoms with Gasteiger partial charge in [-0.1, -0.05) is 20.8 Å². The molecule has 4 nitrogen and oxygen atoms in total. The lowest BCUT2D eigenvalue weighted by Crippen LogP contribution is -2.33. The van der Waals surface area contributed by atoms with Crippen molar-refractivity contribution >= 4 is 0 Å². The zero-order valence-corrected chi connectivity index (χ0v) is 9.82. The molecule has 2 rings (SSSR count). The van der Waals surface area contributed by atoms with Crippen molar-refractivity contribution in [2.75, 3.05) is 6.54 Å². The molecule has 1 unspecified atom stereocenters. The summed E-state index contributed by atoms with van der Waals surface area (Å²) < 4.78 is 2.26. The van der Waals surface area contributed by atoms with E-state index in [1.165, 1.54) is 6.42 Å². The Morgan fingerprint density at radius 3 is 2.87 bits per heavy atom. The van der Waals surface area contributed by atoms with Crippen LogP contribution in [0.25, 0.3) is 0 Å².